The van der Waals surface area contributed by atoms with Crippen molar-refractivity contribution < 1.29 is 18.7 Å². The van der Waals surface area contributed by atoms with Crippen LogP contribution in [-0.4, -0.2) is 48.9 Å². The van der Waals surface area contributed by atoms with Gasteiger partial charge in [-0.2, -0.15) is 0 Å². The van der Waals surface area contributed by atoms with Gasteiger partial charge in [-0.3, -0.25) is 9.59 Å². The molecule has 0 radical (unpaired) electrons. The summed E-state index contributed by atoms with van der Waals surface area (Å²) in [7, 11) is 1.80. The molecule has 2 unspecified atom stereocenters. The van der Waals surface area contributed by atoms with Crippen LogP contribution in [0.3, 0.4) is 0 Å². The molecule has 1 aromatic heterocycles. The molecule has 2 heterocycles. The molecule has 4 atom stereocenters. The van der Waals surface area contributed by atoms with E-state index < -0.39 is 35.5 Å². The molecule has 1 amide bonds. The highest BCUT2D eigenvalue weighted by atomic mass is 32.1. The number of aryl methyl sites for hydroxylation is 1. The minimum absolute atomic E-state index is 0.240. The zero-order chi connectivity index (χ0) is 28.3. The quantitative estimate of drug-likeness (QED) is 0.273. The van der Waals surface area contributed by atoms with E-state index in [2.05, 4.69) is 5.32 Å². The van der Waals surface area contributed by atoms with Crippen LogP contribution in [0.25, 0.3) is 10.1 Å². The Kier molecular flexibility index (Phi) is 6.38. The van der Waals surface area contributed by atoms with E-state index in [0.29, 0.717) is 50.5 Å². The number of ether oxygens (including phenoxy) is 1. The number of carbonyl (C=O) groups excluding carboxylic acids is 2. The van der Waals surface area contributed by atoms with Crippen LogP contribution < -0.4 is 27.3 Å². The van der Waals surface area contributed by atoms with Crippen molar-refractivity contribution in [2.24, 2.45) is 11.5 Å². The lowest BCUT2D eigenvalue weighted by Gasteiger charge is -2.37. The summed E-state index contributed by atoms with van der Waals surface area (Å²) in [4.78, 5) is 29.6. The molecule has 4 aromatic rings. The van der Waals surface area contributed by atoms with Crippen molar-refractivity contribution in [3.05, 3.63) is 87.8 Å². The highest BCUT2D eigenvalue weighted by Gasteiger charge is 2.49. The fourth-order valence-corrected chi connectivity index (χ4v) is 7.12. The van der Waals surface area contributed by atoms with Crippen molar-refractivity contribution in [1.82, 2.24) is 10.2 Å². The number of nitrogen functional groups attached to an aromatic ring is 1. The summed E-state index contributed by atoms with van der Waals surface area (Å²) < 4.78 is 21.1. The van der Waals surface area contributed by atoms with Crippen LogP contribution in [0.15, 0.2) is 60.7 Å². The Labute approximate surface area is 234 Å². The second-order valence-electron chi connectivity index (χ2n) is 10.6. The molecule has 2 aliphatic rings. The number of nitrogens with two attached hydrogens (primary N) is 3. The second kappa shape index (κ2) is 9.67. The Balaban J connectivity index is 1.44. The molecule has 0 bridgehead atoms. The number of amides is 1. The molecule has 0 spiro atoms. The van der Waals surface area contributed by atoms with Crippen LogP contribution in [0.4, 0.5) is 10.1 Å². The highest BCUT2D eigenvalue weighted by molar-refractivity contribution is 7.21. The smallest absolute Gasteiger partial charge is 0.262 e. The first-order chi connectivity index (χ1) is 19.1. The minimum atomic E-state index is -1.58. The molecule has 8 nitrogen and oxygen atoms in total. The van der Waals surface area contributed by atoms with Crippen molar-refractivity contribution in [1.29, 1.82) is 0 Å². The lowest BCUT2D eigenvalue weighted by atomic mass is 9.69. The van der Waals surface area contributed by atoms with Gasteiger partial charge < -0.3 is 32.2 Å². The third-order valence-electron chi connectivity index (χ3n) is 7.87. The third kappa shape index (κ3) is 4.06. The van der Waals surface area contributed by atoms with Crippen molar-refractivity contribution >= 4 is 38.8 Å². The van der Waals surface area contributed by atoms with Crippen LogP contribution in [-0.2, 0) is 10.3 Å². The first-order valence-corrected chi connectivity index (χ1v) is 13.8. The van der Waals surface area contributed by atoms with Crippen LogP contribution in [0, 0.1) is 6.92 Å². The molecule has 1 aliphatic carbocycles. The van der Waals surface area contributed by atoms with E-state index in [1.165, 1.54) is 0 Å². The maximum absolute atomic E-state index is 14.5. The summed E-state index contributed by atoms with van der Waals surface area (Å²) in [5.74, 6) is 0.369. The Morgan fingerprint density at radius 1 is 1.10 bits per heavy atom. The number of thiophene rings is 1. The molecular formula is C30H30FN5O3S. The maximum Gasteiger partial charge on any atom is 0.262 e. The molecule has 40 heavy (non-hydrogen) atoms. The van der Waals surface area contributed by atoms with Crippen LogP contribution in [0.5, 0.6) is 11.5 Å². The number of anilines is 1. The Bertz CT molecular complexity index is 1660. The minimum Gasteiger partial charge on any atom is -0.457 e. The zero-order valence-corrected chi connectivity index (χ0v) is 22.9. The Morgan fingerprint density at radius 2 is 1.82 bits per heavy atom. The molecule has 3 aromatic carbocycles. The second-order valence-corrected chi connectivity index (χ2v) is 11.6. The molecule has 1 aliphatic heterocycles. The van der Waals surface area contributed by atoms with E-state index >= 15 is 0 Å². The number of halogens is 1. The van der Waals surface area contributed by atoms with E-state index in [4.69, 9.17) is 21.9 Å². The first-order valence-electron chi connectivity index (χ1n) is 13.0. The van der Waals surface area contributed by atoms with Gasteiger partial charge in [0.15, 0.2) is 5.78 Å². The van der Waals surface area contributed by atoms with Gasteiger partial charge in [-0.25, -0.2) is 4.39 Å². The van der Waals surface area contributed by atoms with Crippen molar-refractivity contribution in [2.75, 3.05) is 25.9 Å². The summed E-state index contributed by atoms with van der Waals surface area (Å²) >= 11 is 1.15. The number of Topliss-reactive ketones (excluding diaryl/α,β-unsaturated/α-hetero) is 1. The largest absolute Gasteiger partial charge is 0.457 e. The average Bonchev–Trinajstić information content (AvgIpc) is 3.48. The number of likely N-dealkylation sites (tertiary alicyclic amines) is 1. The first kappa shape index (κ1) is 26.4. The van der Waals surface area contributed by atoms with Crippen LogP contribution in [0.2, 0.25) is 0 Å². The van der Waals surface area contributed by atoms with Crippen molar-refractivity contribution in [3.63, 3.8) is 0 Å². The van der Waals surface area contributed by atoms with Gasteiger partial charge in [0, 0.05) is 29.7 Å². The fourth-order valence-electron chi connectivity index (χ4n) is 5.91. The monoisotopic (exact) mass is 559 g/mol. The predicted octanol–water partition coefficient (Wildman–Crippen LogP) is 3.75. The molecule has 0 saturated carbocycles. The molecule has 10 heteroatoms. The summed E-state index contributed by atoms with van der Waals surface area (Å²) in [6.45, 7) is 2.49. The number of hydrogen-bond acceptors (Lipinski definition) is 8. The summed E-state index contributed by atoms with van der Waals surface area (Å²) in [6, 6.07) is 16.4. The maximum atomic E-state index is 14.5. The van der Waals surface area contributed by atoms with E-state index in [1.807, 2.05) is 48.2 Å². The topological polar surface area (TPSA) is 137 Å². The van der Waals surface area contributed by atoms with Crippen molar-refractivity contribution in [2.45, 2.75) is 30.7 Å². The molecular weight excluding hydrogens is 529 g/mol. The SMILES string of the molecule is Cc1cc(Oc2ccccc2)ccc1C1(N)C(=O)C(N)c2c(C(=O)N[C@H]3CN(C)C[C@H]3F)sc3c(N)ccc1c23. The Morgan fingerprint density at radius 3 is 2.50 bits per heavy atom. The molecule has 206 valence electrons. The van der Waals surface area contributed by atoms with Gasteiger partial charge in [0.1, 0.15) is 23.2 Å². The fraction of sp³-hybridized carbons (Fsp3) is 0.267. The molecule has 1 fully saturated rings. The zero-order valence-electron chi connectivity index (χ0n) is 22.1. The molecule has 1 saturated heterocycles. The average molecular weight is 560 g/mol. The number of nitrogens with zero attached hydrogens (tertiary/aromatic N) is 1. The van der Waals surface area contributed by atoms with E-state index in [0.717, 1.165) is 16.9 Å². The number of carbonyl (C=O) groups is 2. The number of para-hydroxylation sites is 1. The van der Waals surface area contributed by atoms with E-state index in [9.17, 15) is 14.0 Å². The number of likely N-dealkylation sites (N-methyl/N-ethyl adjacent to an activating group) is 1. The van der Waals surface area contributed by atoms with E-state index in [-0.39, 0.29) is 11.4 Å². The Hall–Kier alpha value is -3.83. The van der Waals surface area contributed by atoms with Gasteiger partial charge >= 0.3 is 0 Å². The van der Waals surface area contributed by atoms with Gasteiger partial charge in [0.2, 0.25) is 0 Å². The summed E-state index contributed by atoms with van der Waals surface area (Å²) in [5.41, 5.74) is 21.1. The lowest BCUT2D eigenvalue weighted by molar-refractivity contribution is -0.124. The highest BCUT2D eigenvalue weighted by Crippen LogP contribution is 2.50. The predicted molar refractivity (Wildman–Crippen MR) is 154 cm³/mol. The number of hydrogen-bond donors (Lipinski definition) is 4. The number of benzene rings is 3. The lowest BCUT2D eigenvalue weighted by Crippen LogP contribution is -2.53. The van der Waals surface area contributed by atoms with Crippen molar-refractivity contribution in [3.8, 4) is 11.5 Å². The number of nitrogens with one attached hydrogen (secondary N) is 1. The number of alkyl halides is 1. The van der Waals surface area contributed by atoms with Gasteiger partial charge in [0.25, 0.3) is 5.91 Å². The molecule has 6 rings (SSSR count). The van der Waals surface area contributed by atoms with Crippen LogP contribution in [0.1, 0.15) is 38.0 Å². The summed E-state index contributed by atoms with van der Waals surface area (Å²) in [5, 5.41) is 3.40. The number of ketones is 1. The third-order valence-corrected chi connectivity index (χ3v) is 9.12. The van der Waals surface area contributed by atoms with Gasteiger partial charge in [-0.1, -0.05) is 30.3 Å². The van der Waals surface area contributed by atoms with Crippen LogP contribution >= 0.6 is 11.3 Å². The van der Waals surface area contributed by atoms with Gasteiger partial charge in [-0.15, -0.1) is 11.3 Å². The normalized spacial score (nSPS) is 24.4. The molecule has 7 N–H and O–H groups in total. The number of rotatable bonds is 5. The summed E-state index contributed by atoms with van der Waals surface area (Å²) in [6.07, 6.45) is -1.19. The van der Waals surface area contributed by atoms with Gasteiger partial charge in [0.05, 0.1) is 21.7 Å². The van der Waals surface area contributed by atoms with Gasteiger partial charge in [-0.05, 0) is 61.0 Å². The van der Waals surface area contributed by atoms with E-state index in [1.54, 1.807) is 31.3 Å². The standard InChI is InChI=1S/C30H30FN5O3S/c1-15-12-17(39-16-6-4-3-5-7-16)8-9-18(15)30(34)19-10-11-21(32)26-23(19)24(25(33)28(30)37)27(40-26)29(38)35-22-14-36(2)13-20(22)31/h3-12,20,22,25H,13-14,32-34H2,1-2H3,(H,35,38)/t20-,22+,25?,30?/m1/s1.